The molecular formula is C14H12ClN3O2. The third-order valence-corrected chi connectivity index (χ3v) is 3.01. The summed E-state index contributed by atoms with van der Waals surface area (Å²) < 4.78 is 0. The van der Waals surface area contributed by atoms with Crippen molar-refractivity contribution >= 4 is 35.1 Å². The van der Waals surface area contributed by atoms with E-state index in [0.29, 0.717) is 22.5 Å². The zero-order chi connectivity index (χ0) is 14.7. The molecule has 2 rings (SSSR count). The first kappa shape index (κ1) is 13.9. The van der Waals surface area contributed by atoms with Crippen LogP contribution in [0.5, 0.6) is 5.75 Å². The zero-order valence-electron chi connectivity index (χ0n) is 10.4. The topological polar surface area (TPSA) is 99.2 Å². The summed E-state index contributed by atoms with van der Waals surface area (Å²) in [6.07, 6.45) is 1.09. The minimum absolute atomic E-state index is 0.0526. The molecule has 0 aliphatic carbocycles. The lowest BCUT2D eigenvalue weighted by molar-refractivity contribution is 0.102. The van der Waals surface area contributed by atoms with Crippen LogP contribution in [-0.4, -0.2) is 17.2 Å². The maximum Gasteiger partial charge on any atom is 0.255 e. The number of phenols is 1. The Morgan fingerprint density at radius 1 is 1.30 bits per heavy atom. The number of nitrogens with one attached hydrogen (secondary N) is 2. The van der Waals surface area contributed by atoms with Crippen LogP contribution in [0.2, 0.25) is 5.02 Å². The molecule has 0 aliphatic rings. The number of phenolic OH excluding ortho intramolecular Hbond substituents is 1. The van der Waals surface area contributed by atoms with E-state index in [-0.39, 0.29) is 16.7 Å². The van der Waals surface area contributed by atoms with Gasteiger partial charge in [0.15, 0.2) is 0 Å². The highest BCUT2D eigenvalue weighted by atomic mass is 35.5. The van der Waals surface area contributed by atoms with E-state index in [1.807, 2.05) is 0 Å². The van der Waals surface area contributed by atoms with Crippen LogP contribution < -0.4 is 11.1 Å². The van der Waals surface area contributed by atoms with E-state index in [9.17, 15) is 9.90 Å². The number of hydrogen-bond donors (Lipinski definition) is 4. The normalized spacial score (nSPS) is 10.1. The van der Waals surface area contributed by atoms with Crippen molar-refractivity contribution in [2.75, 3.05) is 11.1 Å². The summed E-state index contributed by atoms with van der Waals surface area (Å²) >= 11 is 5.76. The number of carbonyl (C=O) groups is 1. The number of anilines is 2. The monoisotopic (exact) mass is 289 g/mol. The molecule has 0 radical (unpaired) electrons. The Kier molecular flexibility index (Phi) is 3.91. The molecule has 0 saturated heterocycles. The van der Waals surface area contributed by atoms with Crippen LogP contribution in [0.25, 0.3) is 0 Å². The Morgan fingerprint density at radius 3 is 2.70 bits per heavy atom. The van der Waals surface area contributed by atoms with Gasteiger partial charge in [-0.05, 0) is 36.4 Å². The molecule has 0 bridgehead atoms. The van der Waals surface area contributed by atoms with Gasteiger partial charge in [-0.1, -0.05) is 11.6 Å². The SMILES string of the molecule is N=Cc1cc(C(=O)Nc2ccc(O)c(Cl)c2)ccc1N. The van der Waals surface area contributed by atoms with Gasteiger partial charge in [0.05, 0.1) is 5.02 Å². The Labute approximate surface area is 120 Å². The molecule has 0 heterocycles. The van der Waals surface area contributed by atoms with Gasteiger partial charge < -0.3 is 21.6 Å². The molecule has 5 N–H and O–H groups in total. The Hall–Kier alpha value is -2.53. The van der Waals surface area contributed by atoms with E-state index in [2.05, 4.69) is 5.32 Å². The molecule has 0 atom stereocenters. The van der Waals surface area contributed by atoms with Crippen LogP contribution in [-0.2, 0) is 0 Å². The summed E-state index contributed by atoms with van der Waals surface area (Å²) in [7, 11) is 0. The van der Waals surface area contributed by atoms with E-state index in [1.54, 1.807) is 12.1 Å². The average Bonchev–Trinajstić information content (AvgIpc) is 2.43. The molecule has 0 unspecified atom stereocenters. The smallest absolute Gasteiger partial charge is 0.255 e. The minimum atomic E-state index is -0.352. The molecule has 0 saturated carbocycles. The van der Waals surface area contributed by atoms with Crippen molar-refractivity contribution < 1.29 is 9.90 Å². The van der Waals surface area contributed by atoms with E-state index in [4.69, 9.17) is 22.7 Å². The third-order valence-electron chi connectivity index (χ3n) is 2.71. The molecule has 0 aromatic heterocycles. The summed E-state index contributed by atoms with van der Waals surface area (Å²) in [5.41, 5.74) is 7.41. The second-order valence-electron chi connectivity index (χ2n) is 4.11. The van der Waals surface area contributed by atoms with Crippen molar-refractivity contribution in [1.29, 1.82) is 5.41 Å². The fourth-order valence-corrected chi connectivity index (χ4v) is 1.81. The molecule has 5 nitrogen and oxygen atoms in total. The van der Waals surface area contributed by atoms with Crippen LogP contribution >= 0.6 is 11.6 Å². The van der Waals surface area contributed by atoms with Crippen molar-refractivity contribution in [2.24, 2.45) is 0 Å². The zero-order valence-corrected chi connectivity index (χ0v) is 11.1. The molecule has 0 aliphatic heterocycles. The fourth-order valence-electron chi connectivity index (χ4n) is 1.63. The number of benzene rings is 2. The maximum absolute atomic E-state index is 12.1. The highest BCUT2D eigenvalue weighted by molar-refractivity contribution is 6.32. The molecule has 1 amide bonds. The van der Waals surface area contributed by atoms with Gasteiger partial charge in [0.25, 0.3) is 5.91 Å². The van der Waals surface area contributed by atoms with E-state index in [0.717, 1.165) is 6.21 Å². The highest BCUT2D eigenvalue weighted by Crippen LogP contribution is 2.26. The molecule has 2 aromatic carbocycles. The molecule has 102 valence electrons. The first-order chi connectivity index (χ1) is 9.51. The summed E-state index contributed by atoms with van der Waals surface area (Å²) in [6, 6.07) is 9.04. The summed E-state index contributed by atoms with van der Waals surface area (Å²) in [6.45, 7) is 0. The van der Waals surface area contributed by atoms with Gasteiger partial charge in [-0.25, -0.2) is 0 Å². The number of hydrogen-bond acceptors (Lipinski definition) is 4. The number of nitrogens with two attached hydrogens (primary N) is 1. The molecule has 6 heteroatoms. The third kappa shape index (κ3) is 2.89. The van der Waals surface area contributed by atoms with Crippen molar-refractivity contribution in [3.05, 3.63) is 52.5 Å². The predicted molar refractivity (Wildman–Crippen MR) is 79.8 cm³/mol. The van der Waals surface area contributed by atoms with Crippen molar-refractivity contribution in [3.63, 3.8) is 0 Å². The Morgan fingerprint density at radius 2 is 2.05 bits per heavy atom. The van der Waals surface area contributed by atoms with Gasteiger partial charge in [0, 0.05) is 28.7 Å². The average molecular weight is 290 g/mol. The lowest BCUT2D eigenvalue weighted by atomic mass is 10.1. The van der Waals surface area contributed by atoms with Crippen LogP contribution in [0, 0.1) is 5.41 Å². The first-order valence-electron chi connectivity index (χ1n) is 5.71. The molecule has 2 aromatic rings. The van der Waals surface area contributed by atoms with E-state index in [1.165, 1.54) is 24.3 Å². The standard InChI is InChI=1S/C14H12ClN3O2/c15-11-6-10(2-4-13(11)19)18-14(20)8-1-3-12(17)9(5-8)7-16/h1-7,16,19H,17H2,(H,18,20). The predicted octanol–water partition coefficient (Wildman–Crippen LogP) is 2.88. The van der Waals surface area contributed by atoms with Crippen molar-refractivity contribution in [1.82, 2.24) is 0 Å². The maximum atomic E-state index is 12.1. The number of nitrogen functional groups attached to an aromatic ring is 1. The minimum Gasteiger partial charge on any atom is -0.506 e. The second-order valence-corrected chi connectivity index (χ2v) is 4.52. The van der Waals surface area contributed by atoms with Crippen LogP contribution in [0.3, 0.4) is 0 Å². The number of rotatable bonds is 3. The van der Waals surface area contributed by atoms with Gasteiger partial charge in [-0.3, -0.25) is 4.79 Å². The number of aromatic hydroxyl groups is 1. The summed E-state index contributed by atoms with van der Waals surface area (Å²) in [5.74, 6) is -0.405. The lowest BCUT2D eigenvalue weighted by Crippen LogP contribution is -2.12. The van der Waals surface area contributed by atoms with Gasteiger partial charge in [-0.15, -0.1) is 0 Å². The van der Waals surface area contributed by atoms with E-state index < -0.39 is 0 Å². The van der Waals surface area contributed by atoms with Crippen molar-refractivity contribution in [3.8, 4) is 5.75 Å². The fraction of sp³-hybridized carbons (Fsp3) is 0. The second kappa shape index (κ2) is 5.63. The number of carbonyl (C=O) groups excluding carboxylic acids is 1. The van der Waals surface area contributed by atoms with E-state index >= 15 is 0 Å². The largest absolute Gasteiger partial charge is 0.506 e. The van der Waals surface area contributed by atoms with Gasteiger partial charge in [0.1, 0.15) is 5.75 Å². The number of halogens is 1. The molecule has 0 spiro atoms. The lowest BCUT2D eigenvalue weighted by Gasteiger charge is -2.08. The summed E-state index contributed by atoms with van der Waals surface area (Å²) in [5, 5.41) is 19.3. The van der Waals surface area contributed by atoms with Gasteiger partial charge in [-0.2, -0.15) is 0 Å². The highest BCUT2D eigenvalue weighted by Gasteiger charge is 2.09. The molecule has 20 heavy (non-hydrogen) atoms. The quantitative estimate of drug-likeness (QED) is 0.397. The van der Waals surface area contributed by atoms with Crippen LogP contribution in [0.15, 0.2) is 36.4 Å². The van der Waals surface area contributed by atoms with Gasteiger partial charge in [0.2, 0.25) is 0 Å². The van der Waals surface area contributed by atoms with Crippen molar-refractivity contribution in [2.45, 2.75) is 0 Å². The number of amides is 1. The summed E-state index contributed by atoms with van der Waals surface area (Å²) in [4.78, 5) is 12.1. The Bertz CT molecular complexity index is 686. The van der Waals surface area contributed by atoms with Crippen LogP contribution in [0.1, 0.15) is 15.9 Å². The molecular weight excluding hydrogens is 278 g/mol. The Balaban J connectivity index is 2.23. The van der Waals surface area contributed by atoms with Crippen LogP contribution in [0.4, 0.5) is 11.4 Å². The first-order valence-corrected chi connectivity index (χ1v) is 6.09. The molecule has 0 fully saturated rings. The van der Waals surface area contributed by atoms with Gasteiger partial charge >= 0.3 is 0 Å².